The Morgan fingerprint density at radius 3 is 1.79 bits per heavy atom. The smallest absolute Gasteiger partial charge is 0.323 e. The molecule has 0 bridgehead atoms. The van der Waals surface area contributed by atoms with Crippen molar-refractivity contribution in [1.29, 1.82) is 0 Å². The Morgan fingerprint density at radius 2 is 1.27 bits per heavy atom. The van der Waals surface area contributed by atoms with Crippen molar-refractivity contribution in [2.75, 3.05) is 13.2 Å². The molecule has 5 nitrogen and oxygen atoms in total. The first-order valence-corrected chi connectivity index (χ1v) is 11.5. The first-order chi connectivity index (χ1) is 16.3. The summed E-state index contributed by atoms with van der Waals surface area (Å²) in [5, 5.41) is 0. The highest BCUT2D eigenvalue weighted by atomic mass is 16.7. The molecule has 5 heteroatoms. The minimum absolute atomic E-state index is 0.219. The van der Waals surface area contributed by atoms with Crippen molar-refractivity contribution in [3.05, 3.63) is 108 Å². The fourth-order valence-electron chi connectivity index (χ4n) is 4.05. The van der Waals surface area contributed by atoms with E-state index in [1.165, 1.54) is 0 Å². The lowest BCUT2D eigenvalue weighted by Gasteiger charge is -2.31. The van der Waals surface area contributed by atoms with E-state index in [0.717, 1.165) is 16.7 Å². The number of esters is 1. The van der Waals surface area contributed by atoms with Gasteiger partial charge in [0.15, 0.2) is 6.29 Å². The number of carbonyl (C=O) groups is 1. The molecule has 1 aliphatic rings. The molecule has 172 valence electrons. The molecule has 0 spiro atoms. The van der Waals surface area contributed by atoms with E-state index in [4.69, 9.17) is 14.2 Å². The van der Waals surface area contributed by atoms with Crippen molar-refractivity contribution in [1.82, 2.24) is 4.90 Å². The van der Waals surface area contributed by atoms with E-state index in [1.54, 1.807) is 0 Å². The summed E-state index contributed by atoms with van der Waals surface area (Å²) in [5.41, 5.74) is 3.29. The van der Waals surface area contributed by atoms with Crippen molar-refractivity contribution in [2.24, 2.45) is 0 Å². The minimum Gasteiger partial charge on any atom is -0.460 e. The van der Waals surface area contributed by atoms with Crippen LogP contribution in [0.4, 0.5) is 0 Å². The summed E-state index contributed by atoms with van der Waals surface area (Å²) < 4.78 is 17.1. The number of hydrogen-bond donors (Lipinski definition) is 0. The van der Waals surface area contributed by atoms with Gasteiger partial charge in [-0.05, 0) is 23.1 Å². The number of ether oxygens (including phenoxy) is 3. The fraction of sp³-hybridized carbons (Fsp3) is 0.321. The Hall–Kier alpha value is -2.99. The zero-order chi connectivity index (χ0) is 22.7. The number of hydrogen-bond acceptors (Lipinski definition) is 5. The van der Waals surface area contributed by atoms with E-state index < -0.39 is 6.04 Å². The summed E-state index contributed by atoms with van der Waals surface area (Å²) in [6, 6.07) is 29.9. The lowest BCUT2D eigenvalue weighted by Crippen LogP contribution is -2.42. The fourth-order valence-corrected chi connectivity index (χ4v) is 4.05. The summed E-state index contributed by atoms with van der Waals surface area (Å²) in [7, 11) is 0. The molecular formula is C28H31NO4. The van der Waals surface area contributed by atoms with Gasteiger partial charge in [0.05, 0.1) is 13.2 Å². The molecule has 4 rings (SSSR count). The SMILES string of the molecule is O=C(OCc1ccccc1)C(CCC1OCCO1)N(Cc1ccccc1)Cc1ccccc1. The van der Waals surface area contributed by atoms with Crippen LogP contribution in [0.3, 0.4) is 0 Å². The van der Waals surface area contributed by atoms with Crippen LogP contribution in [0.1, 0.15) is 29.5 Å². The van der Waals surface area contributed by atoms with E-state index in [9.17, 15) is 4.79 Å². The van der Waals surface area contributed by atoms with Crippen LogP contribution in [0.2, 0.25) is 0 Å². The zero-order valence-corrected chi connectivity index (χ0v) is 18.8. The van der Waals surface area contributed by atoms with Crippen molar-refractivity contribution < 1.29 is 19.0 Å². The maximum absolute atomic E-state index is 13.4. The van der Waals surface area contributed by atoms with Gasteiger partial charge in [-0.2, -0.15) is 0 Å². The van der Waals surface area contributed by atoms with Gasteiger partial charge in [-0.3, -0.25) is 9.69 Å². The topological polar surface area (TPSA) is 48.0 Å². The Kier molecular flexibility index (Phi) is 8.64. The average molecular weight is 446 g/mol. The standard InChI is InChI=1S/C28H31NO4/c30-28(33-22-25-14-8-3-9-15-25)26(16-17-27-31-18-19-32-27)29(20-23-10-4-1-5-11-23)21-24-12-6-2-7-13-24/h1-15,26-27H,16-22H2. The number of carbonyl (C=O) groups excluding carboxylic acids is 1. The molecule has 0 amide bonds. The Labute approximate surface area is 195 Å². The first-order valence-electron chi connectivity index (χ1n) is 11.5. The average Bonchev–Trinajstić information content (AvgIpc) is 3.38. The maximum Gasteiger partial charge on any atom is 0.323 e. The predicted octanol–water partition coefficient (Wildman–Crippen LogP) is 4.95. The van der Waals surface area contributed by atoms with Gasteiger partial charge in [0.1, 0.15) is 12.6 Å². The molecule has 1 heterocycles. The third-order valence-electron chi connectivity index (χ3n) is 5.76. The van der Waals surface area contributed by atoms with Gasteiger partial charge in [-0.15, -0.1) is 0 Å². The Bertz CT molecular complexity index is 917. The van der Waals surface area contributed by atoms with Crippen LogP contribution in [-0.2, 0) is 38.7 Å². The lowest BCUT2D eigenvalue weighted by molar-refractivity contribution is -0.153. The Morgan fingerprint density at radius 1 is 0.788 bits per heavy atom. The second kappa shape index (κ2) is 12.3. The number of nitrogens with zero attached hydrogens (tertiary/aromatic N) is 1. The quantitative estimate of drug-likeness (QED) is 0.391. The number of benzene rings is 3. The molecule has 1 saturated heterocycles. The molecule has 1 unspecified atom stereocenters. The second-order valence-corrected chi connectivity index (χ2v) is 8.23. The van der Waals surface area contributed by atoms with Gasteiger partial charge in [0.25, 0.3) is 0 Å². The van der Waals surface area contributed by atoms with Crippen LogP contribution in [0.5, 0.6) is 0 Å². The van der Waals surface area contributed by atoms with Crippen LogP contribution in [0.15, 0.2) is 91.0 Å². The van der Waals surface area contributed by atoms with Gasteiger partial charge in [0.2, 0.25) is 0 Å². The van der Waals surface area contributed by atoms with E-state index in [1.807, 2.05) is 66.7 Å². The van der Waals surface area contributed by atoms with Crippen LogP contribution in [0, 0.1) is 0 Å². The third-order valence-corrected chi connectivity index (χ3v) is 5.76. The highest BCUT2D eigenvalue weighted by Crippen LogP contribution is 2.21. The van der Waals surface area contributed by atoms with Crippen LogP contribution in [-0.4, -0.2) is 36.4 Å². The highest BCUT2D eigenvalue weighted by molar-refractivity contribution is 5.75. The summed E-state index contributed by atoms with van der Waals surface area (Å²) in [4.78, 5) is 15.6. The van der Waals surface area contributed by atoms with Gasteiger partial charge in [0, 0.05) is 19.5 Å². The second-order valence-electron chi connectivity index (χ2n) is 8.23. The molecule has 1 fully saturated rings. The van der Waals surface area contributed by atoms with Gasteiger partial charge >= 0.3 is 5.97 Å². The van der Waals surface area contributed by atoms with E-state index in [-0.39, 0.29) is 18.9 Å². The van der Waals surface area contributed by atoms with E-state index in [2.05, 4.69) is 29.2 Å². The van der Waals surface area contributed by atoms with E-state index in [0.29, 0.717) is 39.1 Å². The molecule has 1 aliphatic heterocycles. The first kappa shape index (κ1) is 23.2. The predicted molar refractivity (Wildman–Crippen MR) is 127 cm³/mol. The zero-order valence-electron chi connectivity index (χ0n) is 18.8. The van der Waals surface area contributed by atoms with Crippen molar-refractivity contribution >= 4 is 5.97 Å². The van der Waals surface area contributed by atoms with Crippen molar-refractivity contribution in [3.8, 4) is 0 Å². The van der Waals surface area contributed by atoms with Crippen LogP contribution in [0.25, 0.3) is 0 Å². The van der Waals surface area contributed by atoms with Crippen LogP contribution >= 0.6 is 0 Å². The van der Waals surface area contributed by atoms with Gasteiger partial charge in [-0.1, -0.05) is 91.0 Å². The van der Waals surface area contributed by atoms with E-state index >= 15 is 0 Å². The molecule has 0 aliphatic carbocycles. The molecule has 1 atom stereocenters. The molecule has 3 aromatic carbocycles. The monoisotopic (exact) mass is 445 g/mol. The molecule has 33 heavy (non-hydrogen) atoms. The molecule has 0 N–H and O–H groups in total. The highest BCUT2D eigenvalue weighted by Gasteiger charge is 2.30. The third kappa shape index (κ3) is 7.26. The molecule has 0 aromatic heterocycles. The van der Waals surface area contributed by atoms with Crippen molar-refractivity contribution in [2.45, 2.75) is 44.9 Å². The summed E-state index contributed by atoms with van der Waals surface area (Å²) in [6.07, 6.45) is 0.980. The lowest BCUT2D eigenvalue weighted by atomic mass is 10.1. The normalized spacial score (nSPS) is 14.9. The van der Waals surface area contributed by atoms with Crippen LogP contribution < -0.4 is 0 Å². The molecule has 0 radical (unpaired) electrons. The summed E-state index contributed by atoms with van der Waals surface area (Å²) >= 11 is 0. The number of rotatable bonds is 11. The van der Waals surface area contributed by atoms with Gasteiger partial charge < -0.3 is 14.2 Å². The van der Waals surface area contributed by atoms with Gasteiger partial charge in [-0.25, -0.2) is 0 Å². The van der Waals surface area contributed by atoms with Crippen molar-refractivity contribution in [3.63, 3.8) is 0 Å². The Balaban J connectivity index is 1.53. The molecule has 3 aromatic rings. The minimum atomic E-state index is -0.415. The summed E-state index contributed by atoms with van der Waals surface area (Å²) in [6.45, 7) is 2.76. The summed E-state index contributed by atoms with van der Waals surface area (Å²) in [5.74, 6) is -0.219. The molecular weight excluding hydrogens is 414 g/mol. The molecule has 0 saturated carbocycles. The maximum atomic E-state index is 13.4. The largest absolute Gasteiger partial charge is 0.460 e.